The number of carbonyl (C=O) groups is 1. The quantitative estimate of drug-likeness (QED) is 0.718. The standard InChI is InChI=1S/C19H16N2O/c22-19(16-11-5-2-6-12-16)18(15-9-3-1-4-10-15)21-17-13-7-8-14-20-17/h1-14,18H,(H,20,21)/t18-/m1/s1. The number of Topliss-reactive ketones (excluding diaryl/α,β-unsaturated/α-hetero) is 1. The third-order valence-electron chi connectivity index (χ3n) is 3.41. The summed E-state index contributed by atoms with van der Waals surface area (Å²) in [7, 11) is 0. The van der Waals surface area contributed by atoms with Crippen LogP contribution in [0.5, 0.6) is 0 Å². The maximum absolute atomic E-state index is 12.9. The highest BCUT2D eigenvalue weighted by molar-refractivity contribution is 6.02. The Balaban J connectivity index is 1.95. The monoisotopic (exact) mass is 288 g/mol. The molecular formula is C19H16N2O. The average Bonchev–Trinajstić information content (AvgIpc) is 2.61. The molecule has 0 amide bonds. The van der Waals surface area contributed by atoms with E-state index >= 15 is 0 Å². The van der Waals surface area contributed by atoms with Gasteiger partial charge in [-0.2, -0.15) is 0 Å². The van der Waals surface area contributed by atoms with Crippen LogP contribution in [-0.4, -0.2) is 10.8 Å². The molecule has 0 saturated carbocycles. The molecule has 3 aromatic rings. The minimum atomic E-state index is -0.460. The molecule has 0 radical (unpaired) electrons. The zero-order valence-electron chi connectivity index (χ0n) is 12.0. The number of rotatable bonds is 5. The van der Waals surface area contributed by atoms with Gasteiger partial charge in [0.25, 0.3) is 0 Å². The van der Waals surface area contributed by atoms with E-state index in [-0.39, 0.29) is 5.78 Å². The number of carbonyl (C=O) groups excluding carboxylic acids is 1. The molecule has 1 N–H and O–H groups in total. The maximum atomic E-state index is 12.9. The molecule has 108 valence electrons. The van der Waals surface area contributed by atoms with Gasteiger partial charge < -0.3 is 5.32 Å². The summed E-state index contributed by atoms with van der Waals surface area (Å²) in [6.45, 7) is 0. The third-order valence-corrected chi connectivity index (χ3v) is 3.41. The summed E-state index contributed by atoms with van der Waals surface area (Å²) in [5, 5.41) is 3.23. The number of aromatic nitrogens is 1. The Hall–Kier alpha value is -2.94. The molecule has 1 atom stereocenters. The van der Waals surface area contributed by atoms with Crippen molar-refractivity contribution in [2.45, 2.75) is 6.04 Å². The molecule has 3 heteroatoms. The van der Waals surface area contributed by atoms with Crippen LogP contribution in [0.1, 0.15) is 22.0 Å². The minimum Gasteiger partial charge on any atom is -0.356 e. The van der Waals surface area contributed by atoms with Gasteiger partial charge in [0.2, 0.25) is 0 Å². The highest BCUT2D eigenvalue weighted by Crippen LogP contribution is 2.22. The molecule has 2 aromatic carbocycles. The number of hydrogen-bond donors (Lipinski definition) is 1. The fourth-order valence-corrected chi connectivity index (χ4v) is 2.31. The maximum Gasteiger partial charge on any atom is 0.189 e. The van der Waals surface area contributed by atoms with Crippen LogP contribution in [0.4, 0.5) is 5.82 Å². The predicted molar refractivity (Wildman–Crippen MR) is 87.8 cm³/mol. The van der Waals surface area contributed by atoms with Crippen molar-refractivity contribution in [2.75, 3.05) is 5.32 Å². The Morgan fingerprint density at radius 3 is 2.09 bits per heavy atom. The summed E-state index contributed by atoms with van der Waals surface area (Å²) in [6.07, 6.45) is 1.71. The molecule has 1 heterocycles. The van der Waals surface area contributed by atoms with E-state index in [1.165, 1.54) is 0 Å². The van der Waals surface area contributed by atoms with Crippen LogP contribution < -0.4 is 5.32 Å². The van der Waals surface area contributed by atoms with E-state index in [1.807, 2.05) is 78.9 Å². The molecule has 3 rings (SSSR count). The summed E-state index contributed by atoms with van der Waals surface area (Å²) < 4.78 is 0. The first-order valence-corrected chi connectivity index (χ1v) is 7.16. The van der Waals surface area contributed by atoms with Crippen LogP contribution in [0, 0.1) is 0 Å². The second kappa shape index (κ2) is 6.68. The smallest absolute Gasteiger partial charge is 0.189 e. The van der Waals surface area contributed by atoms with E-state index in [0.29, 0.717) is 11.4 Å². The molecule has 0 fully saturated rings. The third kappa shape index (κ3) is 3.20. The fourth-order valence-electron chi connectivity index (χ4n) is 2.31. The number of pyridine rings is 1. The molecular weight excluding hydrogens is 272 g/mol. The van der Waals surface area contributed by atoms with E-state index in [0.717, 1.165) is 5.56 Å². The molecule has 0 saturated heterocycles. The lowest BCUT2D eigenvalue weighted by Gasteiger charge is -2.18. The summed E-state index contributed by atoms with van der Waals surface area (Å²) in [6, 6.07) is 24.1. The van der Waals surface area contributed by atoms with E-state index < -0.39 is 6.04 Å². The van der Waals surface area contributed by atoms with Gasteiger partial charge in [-0.1, -0.05) is 66.7 Å². The summed E-state index contributed by atoms with van der Waals surface area (Å²) >= 11 is 0. The van der Waals surface area contributed by atoms with Gasteiger partial charge >= 0.3 is 0 Å². The van der Waals surface area contributed by atoms with E-state index in [1.54, 1.807) is 6.20 Å². The normalized spacial score (nSPS) is 11.6. The number of hydrogen-bond acceptors (Lipinski definition) is 3. The van der Waals surface area contributed by atoms with Crippen molar-refractivity contribution in [1.82, 2.24) is 4.98 Å². The van der Waals surface area contributed by atoms with Crippen molar-refractivity contribution in [3.63, 3.8) is 0 Å². The van der Waals surface area contributed by atoms with Gasteiger partial charge in [0.15, 0.2) is 5.78 Å². The van der Waals surface area contributed by atoms with Crippen LogP contribution in [-0.2, 0) is 0 Å². The fraction of sp³-hybridized carbons (Fsp3) is 0.0526. The zero-order valence-corrected chi connectivity index (χ0v) is 12.0. The molecule has 0 aliphatic heterocycles. The highest BCUT2D eigenvalue weighted by Gasteiger charge is 2.21. The summed E-state index contributed by atoms with van der Waals surface area (Å²) in [5.74, 6) is 0.707. The van der Waals surface area contributed by atoms with Crippen molar-refractivity contribution in [1.29, 1.82) is 0 Å². The first kappa shape index (κ1) is 14.0. The Morgan fingerprint density at radius 1 is 0.818 bits per heavy atom. The SMILES string of the molecule is O=C(c1ccccc1)[C@H](Nc1ccccn1)c1ccccc1. The van der Waals surface area contributed by atoms with Gasteiger partial charge in [-0.3, -0.25) is 4.79 Å². The molecule has 0 spiro atoms. The summed E-state index contributed by atoms with van der Waals surface area (Å²) in [5.41, 5.74) is 1.60. The largest absolute Gasteiger partial charge is 0.356 e. The van der Waals surface area contributed by atoms with Gasteiger partial charge in [-0.15, -0.1) is 0 Å². The Kier molecular flexibility index (Phi) is 4.25. The van der Waals surface area contributed by atoms with Crippen molar-refractivity contribution in [2.24, 2.45) is 0 Å². The number of nitrogens with zero attached hydrogens (tertiary/aromatic N) is 1. The number of benzene rings is 2. The second-order valence-electron chi connectivity index (χ2n) is 4.93. The molecule has 22 heavy (non-hydrogen) atoms. The second-order valence-corrected chi connectivity index (χ2v) is 4.93. The summed E-state index contributed by atoms with van der Waals surface area (Å²) in [4.78, 5) is 17.1. The zero-order chi connectivity index (χ0) is 15.2. The van der Waals surface area contributed by atoms with Crippen LogP contribution >= 0.6 is 0 Å². The van der Waals surface area contributed by atoms with Crippen molar-refractivity contribution < 1.29 is 4.79 Å². The van der Waals surface area contributed by atoms with E-state index in [9.17, 15) is 4.79 Å². The molecule has 1 aromatic heterocycles. The van der Waals surface area contributed by atoms with Crippen molar-refractivity contribution in [3.05, 3.63) is 96.2 Å². The Labute approximate surface area is 129 Å². The van der Waals surface area contributed by atoms with Gasteiger partial charge in [0.05, 0.1) is 0 Å². The van der Waals surface area contributed by atoms with Gasteiger partial charge in [-0.25, -0.2) is 4.98 Å². The average molecular weight is 288 g/mol. The van der Waals surface area contributed by atoms with Crippen LogP contribution in [0.2, 0.25) is 0 Å². The van der Waals surface area contributed by atoms with E-state index in [2.05, 4.69) is 10.3 Å². The molecule has 0 aliphatic rings. The highest BCUT2D eigenvalue weighted by atomic mass is 16.1. The lowest BCUT2D eigenvalue weighted by Crippen LogP contribution is -2.21. The number of nitrogens with one attached hydrogen (secondary N) is 1. The van der Waals surface area contributed by atoms with Crippen molar-refractivity contribution >= 4 is 11.6 Å². The molecule has 0 aliphatic carbocycles. The van der Waals surface area contributed by atoms with Gasteiger partial charge in [0, 0.05) is 11.8 Å². The minimum absolute atomic E-state index is 0.0254. The Bertz CT molecular complexity index is 727. The molecule has 3 nitrogen and oxygen atoms in total. The first-order chi connectivity index (χ1) is 10.8. The van der Waals surface area contributed by atoms with Crippen molar-refractivity contribution in [3.8, 4) is 0 Å². The number of ketones is 1. The van der Waals surface area contributed by atoms with Crippen LogP contribution in [0.15, 0.2) is 85.1 Å². The Morgan fingerprint density at radius 2 is 1.45 bits per heavy atom. The predicted octanol–water partition coefficient (Wildman–Crippen LogP) is 4.12. The topological polar surface area (TPSA) is 42.0 Å². The van der Waals surface area contributed by atoms with Crippen LogP contribution in [0.25, 0.3) is 0 Å². The number of anilines is 1. The lowest BCUT2D eigenvalue weighted by molar-refractivity contribution is 0.0969. The van der Waals surface area contributed by atoms with Gasteiger partial charge in [0.1, 0.15) is 11.9 Å². The lowest BCUT2D eigenvalue weighted by atomic mass is 9.97. The molecule has 0 unspecified atom stereocenters. The first-order valence-electron chi connectivity index (χ1n) is 7.16. The molecule has 0 bridgehead atoms. The van der Waals surface area contributed by atoms with Gasteiger partial charge in [-0.05, 0) is 17.7 Å². The van der Waals surface area contributed by atoms with E-state index in [4.69, 9.17) is 0 Å². The van der Waals surface area contributed by atoms with Crippen LogP contribution in [0.3, 0.4) is 0 Å².